The maximum absolute atomic E-state index is 13.8. The number of hydrogen-bond acceptors (Lipinski definition) is 5. The Morgan fingerprint density at radius 3 is 2.68 bits per heavy atom. The van der Waals surface area contributed by atoms with Crippen LogP contribution in [0.25, 0.3) is 0 Å². The summed E-state index contributed by atoms with van der Waals surface area (Å²) in [6.45, 7) is 3.53. The predicted molar refractivity (Wildman–Crippen MR) is 108 cm³/mol. The topological polar surface area (TPSA) is 97.6 Å². The highest BCUT2D eigenvalue weighted by Gasteiger charge is 2.47. The van der Waals surface area contributed by atoms with Crippen molar-refractivity contribution in [2.45, 2.75) is 45.9 Å². The Labute approximate surface area is 177 Å². The Hall–Kier alpha value is -3.07. The van der Waals surface area contributed by atoms with Gasteiger partial charge >= 0.3 is 0 Å². The fourth-order valence-corrected chi connectivity index (χ4v) is 4.05. The molecule has 2 N–H and O–H groups in total. The van der Waals surface area contributed by atoms with E-state index in [2.05, 4.69) is 5.32 Å². The van der Waals surface area contributed by atoms with E-state index in [0.717, 1.165) is 6.07 Å². The maximum Gasteiger partial charge on any atom is 0.257 e. The number of carbonyl (C=O) groups excluding carboxylic acids is 2. The molecule has 0 bridgehead atoms. The number of ether oxygens (including phenoxy) is 1. The van der Waals surface area contributed by atoms with Crippen molar-refractivity contribution < 1.29 is 28.2 Å². The number of hydrogen-bond donors (Lipinski definition) is 2. The van der Waals surface area contributed by atoms with Crippen molar-refractivity contribution in [2.75, 3.05) is 7.11 Å². The number of pyridine rings is 1. The first kappa shape index (κ1) is 22.6. The van der Waals surface area contributed by atoms with Gasteiger partial charge in [0.2, 0.25) is 5.43 Å². The second-order valence-corrected chi connectivity index (χ2v) is 7.86. The van der Waals surface area contributed by atoms with Gasteiger partial charge in [-0.15, -0.1) is 0 Å². The summed E-state index contributed by atoms with van der Waals surface area (Å²) in [6, 6.07) is 2.91. The van der Waals surface area contributed by atoms with Crippen molar-refractivity contribution in [1.82, 2.24) is 9.88 Å². The Kier molecular flexibility index (Phi) is 6.26. The molecule has 1 aliphatic heterocycles. The number of fused-ring (bicyclic) bond motifs is 1. The van der Waals surface area contributed by atoms with Gasteiger partial charge in [-0.25, -0.2) is 8.78 Å². The van der Waals surface area contributed by atoms with E-state index in [9.17, 15) is 28.3 Å². The van der Waals surface area contributed by atoms with Crippen molar-refractivity contribution in [1.29, 1.82) is 0 Å². The number of rotatable bonds is 6. The van der Waals surface area contributed by atoms with Crippen molar-refractivity contribution in [2.24, 2.45) is 5.41 Å². The zero-order valence-corrected chi connectivity index (χ0v) is 17.5. The van der Waals surface area contributed by atoms with Crippen LogP contribution in [0, 0.1) is 17.0 Å². The van der Waals surface area contributed by atoms with E-state index in [1.54, 1.807) is 6.92 Å². The normalized spacial score (nSPS) is 20.4. The number of nitrogens with one attached hydrogen (secondary N) is 1. The number of benzene rings is 1. The highest BCUT2D eigenvalue weighted by Crippen LogP contribution is 2.39. The van der Waals surface area contributed by atoms with E-state index in [-0.39, 0.29) is 24.3 Å². The van der Waals surface area contributed by atoms with E-state index in [1.165, 1.54) is 23.9 Å². The SMILES string of the molecule is CCC[C@@]1(C)C(=O)c2c(O)c(=O)c(C(=O)NCc3ccc(F)cc3F)cn2C[C@@H]1OC. The van der Waals surface area contributed by atoms with E-state index >= 15 is 0 Å². The lowest BCUT2D eigenvalue weighted by Gasteiger charge is -2.40. The molecule has 1 aliphatic rings. The van der Waals surface area contributed by atoms with Crippen LogP contribution in [0.15, 0.2) is 29.2 Å². The summed E-state index contributed by atoms with van der Waals surface area (Å²) < 4.78 is 33.7. The van der Waals surface area contributed by atoms with Gasteiger partial charge < -0.3 is 19.7 Å². The summed E-state index contributed by atoms with van der Waals surface area (Å²) in [5.41, 5.74) is -2.44. The molecule has 2 atom stereocenters. The fraction of sp³-hybridized carbons (Fsp3) is 0.409. The molecule has 31 heavy (non-hydrogen) atoms. The number of aromatic hydroxyl groups is 1. The number of Topliss-reactive ketones (excluding diaryl/α,β-unsaturated/α-hetero) is 1. The van der Waals surface area contributed by atoms with Crippen LogP contribution in [0.2, 0.25) is 0 Å². The van der Waals surface area contributed by atoms with Gasteiger partial charge in [-0.1, -0.05) is 19.4 Å². The maximum atomic E-state index is 13.8. The van der Waals surface area contributed by atoms with Gasteiger partial charge in [0.25, 0.3) is 5.91 Å². The molecular formula is C22H24F2N2O5. The molecule has 1 aromatic heterocycles. The lowest BCUT2D eigenvalue weighted by molar-refractivity contribution is -0.0184. The van der Waals surface area contributed by atoms with E-state index in [0.29, 0.717) is 18.9 Å². The van der Waals surface area contributed by atoms with Crippen LogP contribution in [0.1, 0.15) is 53.1 Å². The highest BCUT2D eigenvalue weighted by molar-refractivity contribution is 6.03. The monoisotopic (exact) mass is 434 g/mol. The third-order valence-corrected chi connectivity index (χ3v) is 5.82. The second kappa shape index (κ2) is 8.58. The number of carbonyl (C=O) groups is 2. The molecule has 0 saturated carbocycles. The Balaban J connectivity index is 1.94. The number of methoxy groups -OCH3 is 1. The van der Waals surface area contributed by atoms with Gasteiger partial charge in [-0.05, 0) is 19.4 Å². The molecule has 2 aromatic rings. The number of nitrogens with zero attached hydrogens (tertiary/aromatic N) is 1. The zero-order valence-electron chi connectivity index (χ0n) is 17.5. The van der Waals surface area contributed by atoms with Crippen molar-refractivity contribution in [3.05, 3.63) is 63.1 Å². The largest absolute Gasteiger partial charge is 0.503 e. The molecule has 7 nitrogen and oxygen atoms in total. The minimum Gasteiger partial charge on any atom is -0.503 e. The number of ketones is 1. The molecule has 166 valence electrons. The average Bonchev–Trinajstić information content (AvgIpc) is 2.72. The molecule has 0 radical (unpaired) electrons. The predicted octanol–water partition coefficient (Wildman–Crippen LogP) is 2.78. The van der Waals surface area contributed by atoms with Gasteiger partial charge in [0.05, 0.1) is 18.1 Å². The second-order valence-electron chi connectivity index (χ2n) is 7.86. The average molecular weight is 434 g/mol. The van der Waals surface area contributed by atoms with Crippen LogP contribution in [0.4, 0.5) is 8.78 Å². The van der Waals surface area contributed by atoms with Crippen LogP contribution >= 0.6 is 0 Å². The fourth-order valence-electron chi connectivity index (χ4n) is 4.05. The standard InChI is InChI=1S/C22H24F2N2O5/c1-4-7-22(2)16(31-3)11-26-10-14(18(27)19(28)17(26)20(22)29)21(30)25-9-12-5-6-13(23)8-15(12)24/h5-6,8,10,16,28H,4,7,9,11H2,1-3H3,(H,25,30)/t16-,22+/m0/s1. The van der Waals surface area contributed by atoms with Gasteiger partial charge in [0, 0.05) is 31.5 Å². The lowest BCUT2D eigenvalue weighted by atomic mass is 9.72. The van der Waals surface area contributed by atoms with Gasteiger partial charge in [0.1, 0.15) is 22.9 Å². The molecule has 1 aromatic carbocycles. The van der Waals surface area contributed by atoms with Crippen LogP contribution < -0.4 is 10.7 Å². The molecule has 0 fully saturated rings. The quantitative estimate of drug-likeness (QED) is 0.729. The van der Waals surface area contributed by atoms with Crippen LogP contribution in [0.5, 0.6) is 5.75 Å². The van der Waals surface area contributed by atoms with E-state index in [1.807, 2.05) is 6.92 Å². The van der Waals surface area contributed by atoms with Crippen molar-refractivity contribution >= 4 is 11.7 Å². The van der Waals surface area contributed by atoms with Crippen LogP contribution in [-0.4, -0.2) is 34.6 Å². The first-order valence-corrected chi connectivity index (χ1v) is 9.90. The smallest absolute Gasteiger partial charge is 0.257 e. The molecule has 2 heterocycles. The summed E-state index contributed by atoms with van der Waals surface area (Å²) in [5.74, 6) is -3.68. The Bertz CT molecular complexity index is 1100. The lowest BCUT2D eigenvalue weighted by Crippen LogP contribution is -2.49. The first-order valence-electron chi connectivity index (χ1n) is 9.90. The molecule has 0 unspecified atom stereocenters. The van der Waals surface area contributed by atoms with E-state index in [4.69, 9.17) is 4.74 Å². The molecule has 3 rings (SSSR count). The minimum atomic E-state index is -0.994. The molecular weight excluding hydrogens is 410 g/mol. The molecule has 0 aliphatic carbocycles. The summed E-state index contributed by atoms with van der Waals surface area (Å²) in [4.78, 5) is 38.4. The summed E-state index contributed by atoms with van der Waals surface area (Å²) in [7, 11) is 1.48. The summed E-state index contributed by atoms with van der Waals surface area (Å²) in [5, 5.41) is 12.9. The highest BCUT2D eigenvalue weighted by atomic mass is 19.1. The van der Waals surface area contributed by atoms with Crippen molar-refractivity contribution in [3.8, 4) is 5.75 Å². The van der Waals surface area contributed by atoms with Crippen LogP contribution in [-0.2, 0) is 17.8 Å². The first-order chi connectivity index (χ1) is 14.6. The molecule has 0 saturated heterocycles. The van der Waals surface area contributed by atoms with Gasteiger partial charge in [-0.3, -0.25) is 14.4 Å². The Morgan fingerprint density at radius 1 is 1.35 bits per heavy atom. The van der Waals surface area contributed by atoms with Crippen LogP contribution in [0.3, 0.4) is 0 Å². The summed E-state index contributed by atoms with van der Waals surface area (Å²) in [6.07, 6.45) is 1.89. The Morgan fingerprint density at radius 2 is 2.06 bits per heavy atom. The number of aromatic nitrogens is 1. The summed E-state index contributed by atoms with van der Waals surface area (Å²) >= 11 is 0. The number of halogens is 2. The van der Waals surface area contributed by atoms with E-state index < -0.39 is 51.6 Å². The third kappa shape index (κ3) is 3.97. The third-order valence-electron chi connectivity index (χ3n) is 5.82. The van der Waals surface area contributed by atoms with Gasteiger partial charge in [0.15, 0.2) is 11.5 Å². The minimum absolute atomic E-state index is 0.0296. The molecule has 0 spiro atoms. The van der Waals surface area contributed by atoms with Gasteiger partial charge in [-0.2, -0.15) is 0 Å². The van der Waals surface area contributed by atoms with Crippen molar-refractivity contribution in [3.63, 3.8) is 0 Å². The molecule has 1 amide bonds. The number of amides is 1. The molecule has 9 heteroatoms. The zero-order chi connectivity index (χ0) is 22.9.